The molecule has 3 N–H and O–H groups in total. The largest absolute Gasteiger partial charge is 0.391 e. The minimum atomic E-state index is -0.781. The van der Waals surface area contributed by atoms with Crippen LogP contribution in [-0.2, 0) is 22.7 Å². The maximum atomic E-state index is 13.3. The van der Waals surface area contributed by atoms with E-state index in [0.29, 0.717) is 18.7 Å². The fourth-order valence-electron chi connectivity index (χ4n) is 4.85. The molecule has 3 amide bonds. The van der Waals surface area contributed by atoms with Gasteiger partial charge in [-0.2, -0.15) is 0 Å². The molecule has 0 unspecified atom stereocenters. The van der Waals surface area contributed by atoms with Crippen molar-refractivity contribution in [1.82, 2.24) is 20.1 Å². The molecule has 2 aromatic carbocycles. The lowest BCUT2D eigenvalue weighted by Crippen LogP contribution is -2.52. The number of hydrogen-bond donors (Lipinski definition) is 3. The van der Waals surface area contributed by atoms with Gasteiger partial charge in [0.15, 0.2) is 0 Å². The van der Waals surface area contributed by atoms with Gasteiger partial charge in [-0.3, -0.25) is 14.4 Å². The Labute approximate surface area is 191 Å². The number of carbonyl (C=O) groups is 3. The second-order valence-electron chi connectivity index (χ2n) is 8.74. The summed E-state index contributed by atoms with van der Waals surface area (Å²) >= 11 is 0. The quantitative estimate of drug-likeness (QED) is 0.556. The van der Waals surface area contributed by atoms with Crippen LogP contribution in [0.1, 0.15) is 34.8 Å². The molecule has 1 fully saturated rings. The monoisotopic (exact) mass is 446 g/mol. The van der Waals surface area contributed by atoms with Crippen molar-refractivity contribution in [3.05, 3.63) is 71.4 Å². The van der Waals surface area contributed by atoms with Gasteiger partial charge in [-0.1, -0.05) is 36.4 Å². The van der Waals surface area contributed by atoms with Gasteiger partial charge in [0, 0.05) is 48.7 Å². The molecule has 0 bridgehead atoms. The number of aromatic amines is 1. The molecule has 1 aromatic heterocycles. The number of aromatic nitrogens is 1. The minimum absolute atomic E-state index is 0.0727. The van der Waals surface area contributed by atoms with E-state index in [1.165, 1.54) is 9.80 Å². The van der Waals surface area contributed by atoms with E-state index in [1.54, 1.807) is 19.1 Å². The number of aliphatic hydroxyl groups is 1. The summed E-state index contributed by atoms with van der Waals surface area (Å²) in [6.07, 6.45) is 1.25. The van der Waals surface area contributed by atoms with Gasteiger partial charge in [0.2, 0.25) is 11.8 Å². The minimum Gasteiger partial charge on any atom is -0.391 e. The molecular weight excluding hydrogens is 420 g/mol. The van der Waals surface area contributed by atoms with Crippen molar-refractivity contribution in [3.8, 4) is 0 Å². The van der Waals surface area contributed by atoms with Crippen LogP contribution in [0, 0.1) is 0 Å². The number of para-hydroxylation sites is 1. The average molecular weight is 447 g/mol. The number of aliphatic hydroxyl groups excluding tert-OH is 1. The lowest BCUT2D eigenvalue weighted by molar-refractivity contribution is -0.141. The van der Waals surface area contributed by atoms with Crippen molar-refractivity contribution in [2.75, 3.05) is 6.54 Å². The van der Waals surface area contributed by atoms with Crippen LogP contribution in [0.5, 0.6) is 0 Å². The van der Waals surface area contributed by atoms with E-state index in [1.807, 2.05) is 42.6 Å². The van der Waals surface area contributed by atoms with Gasteiger partial charge < -0.3 is 25.2 Å². The average Bonchev–Trinajstić information content (AvgIpc) is 3.52. The van der Waals surface area contributed by atoms with Crippen LogP contribution in [0.4, 0.5) is 0 Å². The van der Waals surface area contributed by atoms with E-state index in [-0.39, 0.29) is 30.7 Å². The normalized spacial score (nSPS) is 20.8. The summed E-state index contributed by atoms with van der Waals surface area (Å²) in [5, 5.41) is 14.2. The molecule has 170 valence electrons. The molecule has 3 atom stereocenters. The number of rotatable bonds is 5. The predicted octanol–water partition coefficient (Wildman–Crippen LogP) is 1.79. The summed E-state index contributed by atoms with van der Waals surface area (Å²) in [5.74, 6) is -0.833. The van der Waals surface area contributed by atoms with E-state index >= 15 is 0 Å². The zero-order valence-corrected chi connectivity index (χ0v) is 18.3. The van der Waals surface area contributed by atoms with E-state index in [0.717, 1.165) is 22.0 Å². The number of likely N-dealkylation sites (tertiary alicyclic amines) is 1. The number of hydrogen-bond acceptors (Lipinski definition) is 4. The number of fused-ring (bicyclic) bond motifs is 2. The molecule has 0 saturated carbocycles. The smallest absolute Gasteiger partial charge is 0.255 e. The summed E-state index contributed by atoms with van der Waals surface area (Å²) in [7, 11) is 0. The topological polar surface area (TPSA) is 106 Å². The summed E-state index contributed by atoms with van der Waals surface area (Å²) in [4.78, 5) is 45.3. The molecule has 2 aliphatic rings. The van der Waals surface area contributed by atoms with Gasteiger partial charge in [-0.15, -0.1) is 0 Å². The highest BCUT2D eigenvalue weighted by Gasteiger charge is 2.43. The van der Waals surface area contributed by atoms with Crippen LogP contribution >= 0.6 is 0 Å². The number of amides is 3. The molecule has 0 aliphatic carbocycles. The fraction of sp³-hybridized carbons (Fsp3) is 0.320. The third kappa shape index (κ3) is 3.76. The maximum absolute atomic E-state index is 13.3. The molecule has 3 aromatic rings. The third-order valence-electron chi connectivity index (χ3n) is 6.67. The van der Waals surface area contributed by atoms with Crippen LogP contribution < -0.4 is 5.32 Å². The Morgan fingerprint density at radius 1 is 1.18 bits per heavy atom. The summed E-state index contributed by atoms with van der Waals surface area (Å²) in [5.41, 5.74) is 3.42. The Balaban J connectivity index is 1.28. The second-order valence-corrected chi connectivity index (χ2v) is 8.74. The van der Waals surface area contributed by atoms with E-state index < -0.39 is 18.2 Å². The Bertz CT molecular complexity index is 1240. The highest BCUT2D eigenvalue weighted by molar-refractivity contribution is 6.01. The highest BCUT2D eigenvalue weighted by Crippen LogP contribution is 2.27. The number of H-pyrrole nitrogens is 1. The van der Waals surface area contributed by atoms with Crippen LogP contribution in [0.2, 0.25) is 0 Å². The number of benzene rings is 2. The first-order valence-electron chi connectivity index (χ1n) is 11.1. The van der Waals surface area contributed by atoms with Crippen LogP contribution in [0.3, 0.4) is 0 Å². The number of nitrogens with zero attached hydrogens (tertiary/aromatic N) is 2. The SMILES string of the molecule is C[C@@H](C(=O)N1C[C@H](O)C[C@H]1C(=O)NCc1c[nH]c2ccccc12)N1Cc2ccccc2C1=O. The van der Waals surface area contributed by atoms with E-state index in [9.17, 15) is 19.5 Å². The lowest BCUT2D eigenvalue weighted by Gasteiger charge is -2.30. The summed E-state index contributed by atoms with van der Waals surface area (Å²) in [6.45, 7) is 2.42. The van der Waals surface area contributed by atoms with Crippen molar-refractivity contribution in [1.29, 1.82) is 0 Å². The molecular formula is C25H26N4O4. The summed E-state index contributed by atoms with van der Waals surface area (Å²) in [6, 6.07) is 13.6. The molecule has 1 saturated heterocycles. The van der Waals surface area contributed by atoms with Crippen LogP contribution in [0.25, 0.3) is 10.9 Å². The first kappa shape index (κ1) is 21.2. The Hall–Kier alpha value is -3.65. The first-order chi connectivity index (χ1) is 15.9. The Kier molecular flexibility index (Phi) is 5.38. The van der Waals surface area contributed by atoms with Gasteiger partial charge in [0.25, 0.3) is 5.91 Å². The van der Waals surface area contributed by atoms with Gasteiger partial charge in [0.1, 0.15) is 12.1 Å². The molecule has 0 spiro atoms. The summed E-state index contributed by atoms with van der Waals surface area (Å²) < 4.78 is 0. The van der Waals surface area contributed by atoms with Gasteiger partial charge in [0.05, 0.1) is 6.10 Å². The number of nitrogens with one attached hydrogen (secondary N) is 2. The van der Waals surface area contributed by atoms with E-state index in [4.69, 9.17) is 0 Å². The van der Waals surface area contributed by atoms with Crippen LogP contribution in [-0.4, -0.2) is 62.3 Å². The lowest BCUT2D eigenvalue weighted by atomic mass is 10.1. The van der Waals surface area contributed by atoms with Crippen molar-refractivity contribution >= 4 is 28.6 Å². The molecule has 3 heterocycles. The number of carbonyl (C=O) groups excluding carboxylic acids is 3. The zero-order valence-electron chi connectivity index (χ0n) is 18.3. The Morgan fingerprint density at radius 3 is 2.76 bits per heavy atom. The van der Waals surface area contributed by atoms with Gasteiger partial charge in [-0.05, 0) is 30.2 Å². The van der Waals surface area contributed by atoms with Crippen molar-refractivity contribution < 1.29 is 19.5 Å². The molecule has 2 aliphatic heterocycles. The fourth-order valence-corrected chi connectivity index (χ4v) is 4.85. The van der Waals surface area contributed by atoms with Gasteiger partial charge >= 0.3 is 0 Å². The van der Waals surface area contributed by atoms with Crippen LogP contribution in [0.15, 0.2) is 54.7 Å². The van der Waals surface area contributed by atoms with E-state index in [2.05, 4.69) is 10.3 Å². The van der Waals surface area contributed by atoms with Crippen molar-refractivity contribution in [2.45, 2.75) is 44.6 Å². The predicted molar refractivity (Wildman–Crippen MR) is 122 cm³/mol. The second kappa shape index (κ2) is 8.37. The molecule has 5 rings (SSSR count). The van der Waals surface area contributed by atoms with Gasteiger partial charge in [-0.25, -0.2) is 0 Å². The zero-order chi connectivity index (χ0) is 23.1. The third-order valence-corrected chi connectivity index (χ3v) is 6.67. The van der Waals surface area contributed by atoms with Crippen molar-refractivity contribution in [2.24, 2.45) is 0 Å². The molecule has 8 nitrogen and oxygen atoms in total. The molecule has 8 heteroatoms. The molecule has 33 heavy (non-hydrogen) atoms. The number of β-amino-alcohol motifs (C(OH)–C–C–N with tert-alkyl or cyclic N) is 1. The standard InChI is InChI=1S/C25H26N4O4/c1-15(28-13-16-6-2-3-8-20(16)25(28)33)24(32)29-14-18(30)10-22(29)23(31)27-12-17-11-26-21-9-5-4-7-19(17)21/h2-9,11,15,18,22,26,30H,10,12-14H2,1H3,(H,27,31)/t15-,18+,22-/m0/s1. The van der Waals surface area contributed by atoms with Crippen molar-refractivity contribution in [3.63, 3.8) is 0 Å². The first-order valence-corrected chi connectivity index (χ1v) is 11.1. The maximum Gasteiger partial charge on any atom is 0.255 e. The molecule has 0 radical (unpaired) electrons. The Morgan fingerprint density at radius 2 is 1.94 bits per heavy atom. The highest BCUT2D eigenvalue weighted by atomic mass is 16.3.